The van der Waals surface area contributed by atoms with Crippen LogP contribution in [0.3, 0.4) is 0 Å². The standard InChI is InChI=1S/C24H26N4O4/c1-15(23(29)25-12-11-16-9-10-20(31-3)21(13-16)32-4)28-19-8-6-5-7-17(19)18-14-26-27(2)24(30)22(18)28/h5-10,13-15H,11-12H2,1-4H3,(H,25,29). The Bertz CT molecular complexity index is 1360. The molecule has 0 fully saturated rings. The maximum absolute atomic E-state index is 13.0. The lowest BCUT2D eigenvalue weighted by Crippen LogP contribution is -2.33. The van der Waals surface area contributed by atoms with Crippen molar-refractivity contribution in [2.45, 2.75) is 19.4 Å². The summed E-state index contributed by atoms with van der Waals surface area (Å²) in [5.41, 5.74) is 2.09. The number of ether oxygens (including phenoxy) is 2. The summed E-state index contributed by atoms with van der Waals surface area (Å²) in [5.74, 6) is 1.16. The summed E-state index contributed by atoms with van der Waals surface area (Å²) in [6.07, 6.45) is 2.31. The second-order valence-corrected chi connectivity index (χ2v) is 7.63. The highest BCUT2D eigenvalue weighted by atomic mass is 16.5. The first-order valence-corrected chi connectivity index (χ1v) is 10.4. The lowest BCUT2D eigenvalue weighted by Gasteiger charge is -2.17. The molecule has 0 saturated heterocycles. The third-order valence-corrected chi connectivity index (χ3v) is 5.73. The normalized spacial score (nSPS) is 12.1. The monoisotopic (exact) mass is 434 g/mol. The van der Waals surface area contributed by atoms with Gasteiger partial charge < -0.3 is 19.4 Å². The van der Waals surface area contributed by atoms with Gasteiger partial charge in [0.05, 0.1) is 25.9 Å². The first kappa shape index (κ1) is 21.4. The number of rotatable bonds is 7. The maximum Gasteiger partial charge on any atom is 0.291 e. The topological polar surface area (TPSA) is 87.4 Å². The predicted molar refractivity (Wildman–Crippen MR) is 123 cm³/mol. The zero-order valence-corrected chi connectivity index (χ0v) is 18.6. The molecule has 0 saturated carbocycles. The zero-order chi connectivity index (χ0) is 22.8. The largest absolute Gasteiger partial charge is 0.493 e. The molecule has 2 aromatic carbocycles. The number of aromatic nitrogens is 3. The van der Waals surface area contributed by atoms with E-state index in [-0.39, 0.29) is 11.5 Å². The van der Waals surface area contributed by atoms with Crippen LogP contribution in [0.15, 0.2) is 53.5 Å². The van der Waals surface area contributed by atoms with Gasteiger partial charge in [-0.25, -0.2) is 4.68 Å². The van der Waals surface area contributed by atoms with Crippen LogP contribution in [0.25, 0.3) is 21.8 Å². The van der Waals surface area contributed by atoms with Gasteiger partial charge in [0.2, 0.25) is 5.91 Å². The van der Waals surface area contributed by atoms with Gasteiger partial charge in [0, 0.05) is 24.4 Å². The fraction of sp³-hybridized carbons (Fsp3) is 0.292. The highest BCUT2D eigenvalue weighted by Gasteiger charge is 2.23. The van der Waals surface area contributed by atoms with Gasteiger partial charge in [-0.3, -0.25) is 9.59 Å². The third-order valence-electron chi connectivity index (χ3n) is 5.73. The summed E-state index contributed by atoms with van der Waals surface area (Å²) < 4.78 is 13.7. The van der Waals surface area contributed by atoms with Crippen molar-refractivity contribution in [3.63, 3.8) is 0 Å². The molecule has 0 aliphatic rings. The van der Waals surface area contributed by atoms with Gasteiger partial charge in [-0.1, -0.05) is 24.3 Å². The fourth-order valence-corrected chi connectivity index (χ4v) is 4.02. The van der Waals surface area contributed by atoms with Crippen LogP contribution in [0.2, 0.25) is 0 Å². The third kappa shape index (κ3) is 3.68. The number of carbonyl (C=O) groups is 1. The van der Waals surface area contributed by atoms with Crippen molar-refractivity contribution in [2.24, 2.45) is 7.05 Å². The molecular weight excluding hydrogens is 408 g/mol. The Balaban J connectivity index is 1.58. The average Bonchev–Trinajstić information content (AvgIpc) is 3.15. The van der Waals surface area contributed by atoms with Crippen LogP contribution in [0.4, 0.5) is 0 Å². The first-order valence-electron chi connectivity index (χ1n) is 10.4. The number of carbonyl (C=O) groups excluding carboxylic acids is 1. The van der Waals surface area contributed by atoms with Crippen molar-refractivity contribution >= 4 is 27.7 Å². The molecule has 1 amide bonds. The van der Waals surface area contributed by atoms with E-state index in [0.717, 1.165) is 21.9 Å². The van der Waals surface area contributed by atoms with Crippen LogP contribution in [0, 0.1) is 0 Å². The summed E-state index contributed by atoms with van der Waals surface area (Å²) in [7, 11) is 4.80. The Morgan fingerprint density at radius 2 is 1.84 bits per heavy atom. The SMILES string of the molecule is COc1ccc(CCNC(=O)C(C)n2c3ccccc3c3cnn(C)c(=O)c32)cc1OC. The van der Waals surface area contributed by atoms with Crippen molar-refractivity contribution < 1.29 is 14.3 Å². The molecule has 4 rings (SSSR count). The number of hydrogen-bond acceptors (Lipinski definition) is 5. The van der Waals surface area contributed by atoms with Crippen LogP contribution in [0.1, 0.15) is 18.5 Å². The van der Waals surface area contributed by atoms with E-state index in [9.17, 15) is 9.59 Å². The second-order valence-electron chi connectivity index (χ2n) is 7.63. The number of amides is 1. The lowest BCUT2D eigenvalue weighted by molar-refractivity contribution is -0.123. The van der Waals surface area contributed by atoms with E-state index in [1.807, 2.05) is 42.5 Å². The van der Waals surface area contributed by atoms with Gasteiger partial charge in [0.1, 0.15) is 11.6 Å². The van der Waals surface area contributed by atoms with Crippen molar-refractivity contribution in [1.29, 1.82) is 0 Å². The maximum atomic E-state index is 13.0. The van der Waals surface area contributed by atoms with Gasteiger partial charge >= 0.3 is 0 Å². The van der Waals surface area contributed by atoms with Crippen LogP contribution in [-0.4, -0.2) is 41.0 Å². The molecule has 0 radical (unpaired) electrons. The van der Waals surface area contributed by atoms with E-state index < -0.39 is 6.04 Å². The quantitative estimate of drug-likeness (QED) is 0.483. The number of aryl methyl sites for hydroxylation is 1. The highest BCUT2D eigenvalue weighted by molar-refractivity contribution is 6.08. The smallest absolute Gasteiger partial charge is 0.291 e. The molecule has 0 spiro atoms. The van der Waals surface area contributed by atoms with E-state index in [1.54, 1.807) is 39.0 Å². The molecule has 8 nitrogen and oxygen atoms in total. The van der Waals surface area contributed by atoms with Gasteiger partial charge in [-0.2, -0.15) is 5.10 Å². The summed E-state index contributed by atoms with van der Waals surface area (Å²) >= 11 is 0. The zero-order valence-electron chi connectivity index (χ0n) is 18.6. The molecule has 1 unspecified atom stereocenters. The minimum absolute atomic E-state index is 0.160. The Kier molecular flexibility index (Phi) is 5.85. The van der Waals surface area contributed by atoms with E-state index in [4.69, 9.17) is 9.47 Å². The van der Waals surface area contributed by atoms with Crippen LogP contribution >= 0.6 is 0 Å². The number of hydrogen-bond donors (Lipinski definition) is 1. The lowest BCUT2D eigenvalue weighted by atomic mass is 10.1. The van der Waals surface area contributed by atoms with E-state index >= 15 is 0 Å². The Morgan fingerprint density at radius 3 is 2.59 bits per heavy atom. The van der Waals surface area contributed by atoms with E-state index in [2.05, 4.69) is 10.4 Å². The van der Waals surface area contributed by atoms with Crippen LogP contribution < -0.4 is 20.3 Å². The van der Waals surface area contributed by atoms with Gasteiger partial charge in [-0.05, 0) is 37.1 Å². The van der Waals surface area contributed by atoms with E-state index in [0.29, 0.717) is 30.0 Å². The molecule has 1 atom stereocenters. The van der Waals surface area contributed by atoms with E-state index in [1.165, 1.54) is 4.68 Å². The molecule has 0 bridgehead atoms. The summed E-state index contributed by atoms with van der Waals surface area (Å²) in [4.78, 5) is 25.9. The predicted octanol–water partition coefficient (Wildman–Crippen LogP) is 2.83. The number of para-hydroxylation sites is 1. The summed E-state index contributed by atoms with van der Waals surface area (Å²) in [6.45, 7) is 2.26. The minimum atomic E-state index is -0.571. The Labute approximate surface area is 185 Å². The molecule has 4 aromatic rings. The molecule has 2 heterocycles. The highest BCUT2D eigenvalue weighted by Crippen LogP contribution is 2.30. The molecule has 2 aromatic heterocycles. The molecule has 0 aliphatic carbocycles. The molecule has 8 heteroatoms. The van der Waals surface area contributed by atoms with Crippen molar-refractivity contribution in [3.05, 3.63) is 64.6 Å². The number of methoxy groups -OCH3 is 2. The van der Waals surface area contributed by atoms with Crippen LogP contribution in [0.5, 0.6) is 11.5 Å². The fourth-order valence-electron chi connectivity index (χ4n) is 4.02. The number of fused-ring (bicyclic) bond motifs is 3. The molecule has 1 N–H and O–H groups in total. The summed E-state index contributed by atoms with van der Waals surface area (Å²) in [5, 5.41) is 8.79. The second kappa shape index (κ2) is 8.74. The molecule has 0 aliphatic heterocycles. The Morgan fingerprint density at radius 1 is 1.09 bits per heavy atom. The van der Waals surface area contributed by atoms with Crippen molar-refractivity contribution in [2.75, 3.05) is 20.8 Å². The minimum Gasteiger partial charge on any atom is -0.493 e. The molecule has 32 heavy (non-hydrogen) atoms. The molecular formula is C24H26N4O4. The van der Waals surface area contributed by atoms with Gasteiger partial charge in [0.25, 0.3) is 5.56 Å². The van der Waals surface area contributed by atoms with Crippen molar-refractivity contribution in [1.82, 2.24) is 19.7 Å². The number of nitrogens with zero attached hydrogens (tertiary/aromatic N) is 3. The van der Waals surface area contributed by atoms with Gasteiger partial charge in [-0.15, -0.1) is 0 Å². The van der Waals surface area contributed by atoms with Gasteiger partial charge in [0.15, 0.2) is 11.5 Å². The molecule has 166 valence electrons. The van der Waals surface area contributed by atoms with Crippen LogP contribution in [-0.2, 0) is 18.3 Å². The number of benzene rings is 2. The first-order chi connectivity index (χ1) is 15.5. The Hall–Kier alpha value is -3.81. The number of nitrogens with one attached hydrogen (secondary N) is 1. The average molecular weight is 434 g/mol. The summed E-state index contributed by atoms with van der Waals surface area (Å²) in [6, 6.07) is 12.8. The van der Waals surface area contributed by atoms with Crippen molar-refractivity contribution in [3.8, 4) is 11.5 Å².